The van der Waals surface area contributed by atoms with Crippen LogP contribution in [0.4, 0.5) is 0 Å². The molecule has 0 aliphatic heterocycles. The summed E-state index contributed by atoms with van der Waals surface area (Å²) in [6.07, 6.45) is 1.77. The van der Waals surface area contributed by atoms with Gasteiger partial charge in [0.25, 0.3) is 0 Å². The van der Waals surface area contributed by atoms with E-state index in [1.807, 2.05) is 57.3 Å². The van der Waals surface area contributed by atoms with Gasteiger partial charge in [-0.1, -0.05) is 24.3 Å². The van der Waals surface area contributed by atoms with Crippen LogP contribution in [0.25, 0.3) is 0 Å². The molecule has 2 aromatic rings. The highest BCUT2D eigenvalue weighted by Crippen LogP contribution is 2.21. The second-order valence-electron chi connectivity index (χ2n) is 6.20. The van der Waals surface area contributed by atoms with Crippen LogP contribution in [-0.2, 0) is 13.2 Å². The van der Waals surface area contributed by atoms with Crippen LogP contribution in [0.2, 0.25) is 0 Å². The molecular weight excluding hydrogens is 276 g/mol. The minimum atomic E-state index is -0.710. The zero-order valence-electron chi connectivity index (χ0n) is 13.5. The molecular formula is C18H24N2O2. The molecule has 0 bridgehead atoms. The van der Waals surface area contributed by atoms with Crippen molar-refractivity contribution in [3.63, 3.8) is 0 Å². The van der Waals surface area contributed by atoms with Gasteiger partial charge < -0.3 is 9.84 Å². The van der Waals surface area contributed by atoms with Gasteiger partial charge in [0.1, 0.15) is 12.4 Å². The lowest BCUT2D eigenvalue weighted by molar-refractivity contribution is 0.0422. The summed E-state index contributed by atoms with van der Waals surface area (Å²) in [4.78, 5) is 6.35. The number of hydrogen-bond acceptors (Lipinski definition) is 4. The molecule has 0 atom stereocenters. The van der Waals surface area contributed by atoms with Crippen LogP contribution in [0, 0.1) is 0 Å². The van der Waals surface area contributed by atoms with Gasteiger partial charge in [0.15, 0.2) is 0 Å². The third-order valence-electron chi connectivity index (χ3n) is 3.17. The third kappa shape index (κ3) is 5.47. The molecule has 0 spiro atoms. The van der Waals surface area contributed by atoms with Crippen molar-refractivity contribution in [3.8, 4) is 5.75 Å². The van der Waals surface area contributed by atoms with Crippen molar-refractivity contribution >= 4 is 0 Å². The molecule has 0 amide bonds. The molecule has 0 saturated heterocycles. The fraction of sp³-hybridized carbons (Fsp3) is 0.389. The lowest BCUT2D eigenvalue weighted by Crippen LogP contribution is -2.35. The van der Waals surface area contributed by atoms with Crippen molar-refractivity contribution in [3.05, 3.63) is 59.9 Å². The van der Waals surface area contributed by atoms with Crippen LogP contribution in [0.5, 0.6) is 5.75 Å². The van der Waals surface area contributed by atoms with E-state index in [0.717, 1.165) is 23.6 Å². The van der Waals surface area contributed by atoms with Crippen LogP contribution in [0.3, 0.4) is 0 Å². The summed E-state index contributed by atoms with van der Waals surface area (Å²) in [6.45, 7) is 5.40. The molecule has 0 unspecified atom stereocenters. The molecule has 0 saturated carbocycles. The molecule has 0 aliphatic rings. The normalized spacial score (nSPS) is 11.7. The van der Waals surface area contributed by atoms with Crippen molar-refractivity contribution in [2.75, 3.05) is 13.6 Å². The fourth-order valence-electron chi connectivity index (χ4n) is 2.42. The predicted molar refractivity (Wildman–Crippen MR) is 87.6 cm³/mol. The van der Waals surface area contributed by atoms with E-state index in [1.54, 1.807) is 6.20 Å². The van der Waals surface area contributed by atoms with Gasteiger partial charge in [0.05, 0.1) is 11.3 Å². The van der Waals surface area contributed by atoms with Crippen molar-refractivity contribution in [1.82, 2.24) is 9.88 Å². The van der Waals surface area contributed by atoms with E-state index < -0.39 is 5.60 Å². The Morgan fingerprint density at radius 1 is 1.14 bits per heavy atom. The Morgan fingerprint density at radius 3 is 2.55 bits per heavy atom. The molecule has 22 heavy (non-hydrogen) atoms. The number of pyridine rings is 1. The predicted octanol–water partition coefficient (Wildman–Crippen LogP) is 2.86. The van der Waals surface area contributed by atoms with Crippen molar-refractivity contribution in [2.24, 2.45) is 0 Å². The summed E-state index contributed by atoms with van der Waals surface area (Å²) in [7, 11) is 1.99. The second kappa shape index (κ2) is 7.38. The number of ether oxygens (including phenoxy) is 1. The Morgan fingerprint density at radius 2 is 1.86 bits per heavy atom. The number of benzene rings is 1. The molecule has 1 aromatic heterocycles. The number of rotatable bonds is 7. The van der Waals surface area contributed by atoms with Gasteiger partial charge in [-0.25, -0.2) is 0 Å². The van der Waals surface area contributed by atoms with Crippen LogP contribution in [0.15, 0.2) is 48.7 Å². The first-order chi connectivity index (χ1) is 10.4. The molecule has 1 heterocycles. The molecule has 0 aliphatic carbocycles. The molecule has 0 fully saturated rings. The summed E-state index contributed by atoms with van der Waals surface area (Å²) in [5, 5.41) is 9.91. The van der Waals surface area contributed by atoms with E-state index in [0.29, 0.717) is 13.2 Å². The zero-order valence-corrected chi connectivity index (χ0v) is 13.5. The van der Waals surface area contributed by atoms with E-state index in [2.05, 4.69) is 16.0 Å². The average molecular weight is 300 g/mol. The molecule has 1 aromatic carbocycles. The quantitative estimate of drug-likeness (QED) is 0.854. The van der Waals surface area contributed by atoms with Crippen LogP contribution < -0.4 is 4.74 Å². The van der Waals surface area contributed by atoms with Crippen molar-refractivity contribution < 1.29 is 9.84 Å². The first kappa shape index (κ1) is 16.5. The van der Waals surface area contributed by atoms with Gasteiger partial charge in [0, 0.05) is 24.8 Å². The van der Waals surface area contributed by atoms with Gasteiger partial charge >= 0.3 is 0 Å². The van der Waals surface area contributed by atoms with Crippen LogP contribution in [-0.4, -0.2) is 34.2 Å². The van der Waals surface area contributed by atoms with E-state index in [-0.39, 0.29) is 0 Å². The minimum Gasteiger partial charge on any atom is -0.487 e. The first-order valence-electron chi connectivity index (χ1n) is 7.45. The summed E-state index contributed by atoms with van der Waals surface area (Å²) >= 11 is 0. The zero-order chi connectivity index (χ0) is 16.0. The third-order valence-corrected chi connectivity index (χ3v) is 3.17. The number of likely N-dealkylation sites (N-methyl/N-ethyl adjacent to an activating group) is 1. The highest BCUT2D eigenvalue weighted by atomic mass is 16.5. The van der Waals surface area contributed by atoms with Crippen molar-refractivity contribution in [1.29, 1.82) is 0 Å². The molecule has 1 N–H and O–H groups in total. The van der Waals surface area contributed by atoms with E-state index in [1.165, 1.54) is 0 Å². The van der Waals surface area contributed by atoms with E-state index >= 15 is 0 Å². The maximum absolute atomic E-state index is 9.91. The first-order valence-corrected chi connectivity index (χ1v) is 7.45. The average Bonchev–Trinajstić information content (AvgIpc) is 2.45. The van der Waals surface area contributed by atoms with Gasteiger partial charge in [-0.3, -0.25) is 9.88 Å². The maximum atomic E-state index is 9.91. The Bertz CT molecular complexity index is 579. The molecule has 4 nitrogen and oxygen atoms in total. The Kier molecular flexibility index (Phi) is 5.52. The Hall–Kier alpha value is -1.91. The topological polar surface area (TPSA) is 45.6 Å². The number of para-hydroxylation sites is 1. The summed E-state index contributed by atoms with van der Waals surface area (Å²) in [5.74, 6) is 0.857. The lowest BCUT2D eigenvalue weighted by Gasteiger charge is -2.26. The van der Waals surface area contributed by atoms with Gasteiger partial charge in [0.2, 0.25) is 0 Å². The minimum absolute atomic E-state index is 0.451. The largest absolute Gasteiger partial charge is 0.487 e. The van der Waals surface area contributed by atoms with Gasteiger partial charge in [-0.05, 0) is 39.1 Å². The molecule has 118 valence electrons. The van der Waals surface area contributed by atoms with E-state index in [9.17, 15) is 5.11 Å². The lowest BCUT2D eigenvalue weighted by atomic mass is 10.1. The summed E-state index contributed by atoms with van der Waals surface area (Å²) in [6, 6.07) is 13.8. The molecule has 4 heteroatoms. The summed E-state index contributed by atoms with van der Waals surface area (Å²) in [5.41, 5.74) is 1.30. The summed E-state index contributed by atoms with van der Waals surface area (Å²) < 4.78 is 5.90. The molecule has 2 rings (SSSR count). The molecule has 0 radical (unpaired) electrons. The number of hydrogen-bond donors (Lipinski definition) is 1. The highest BCUT2D eigenvalue weighted by Gasteiger charge is 2.16. The maximum Gasteiger partial charge on any atom is 0.130 e. The van der Waals surface area contributed by atoms with Crippen LogP contribution in [0.1, 0.15) is 25.1 Å². The van der Waals surface area contributed by atoms with E-state index in [4.69, 9.17) is 4.74 Å². The van der Waals surface area contributed by atoms with Crippen LogP contribution >= 0.6 is 0 Å². The SMILES string of the molecule is CN(Cc1ccccc1OCc1ccccn1)CC(C)(C)O. The fourth-order valence-corrected chi connectivity index (χ4v) is 2.42. The number of nitrogens with zero attached hydrogens (tertiary/aromatic N) is 2. The van der Waals surface area contributed by atoms with Crippen molar-refractivity contribution in [2.45, 2.75) is 32.6 Å². The number of aliphatic hydroxyl groups is 1. The number of aromatic nitrogens is 1. The highest BCUT2D eigenvalue weighted by molar-refractivity contribution is 5.33. The van der Waals surface area contributed by atoms with Gasteiger partial charge in [-0.15, -0.1) is 0 Å². The smallest absolute Gasteiger partial charge is 0.130 e. The van der Waals surface area contributed by atoms with Gasteiger partial charge in [-0.2, -0.15) is 0 Å². The standard InChI is InChI=1S/C18H24N2O2/c1-18(2,21)14-20(3)12-15-8-4-5-10-17(15)22-13-16-9-6-7-11-19-16/h4-11,21H,12-14H2,1-3H3. The second-order valence-corrected chi connectivity index (χ2v) is 6.20. The Labute approximate surface area is 132 Å². The monoisotopic (exact) mass is 300 g/mol. The Balaban J connectivity index is 2.00.